The van der Waals surface area contributed by atoms with E-state index in [4.69, 9.17) is 4.42 Å². The molecule has 0 fully saturated rings. The van der Waals surface area contributed by atoms with E-state index in [0.717, 1.165) is 12.2 Å². The number of halogens is 1. The quantitative estimate of drug-likeness (QED) is 0.864. The first-order valence-corrected chi connectivity index (χ1v) is 5.62. The molecule has 2 aromatic rings. The molecule has 78 valence electrons. The molecule has 0 saturated carbocycles. The molecule has 1 N–H and O–H groups in total. The Hall–Kier alpha value is -1.11. The average molecular weight is 316 g/mol. The summed E-state index contributed by atoms with van der Waals surface area (Å²) >= 11 is 1.94. The summed E-state index contributed by atoms with van der Waals surface area (Å²) in [5.41, 5.74) is -0.143. The standard InChI is InChI=1S/C10H9IN2O2/c1-2-6-3-4-8(15-6)9-12-5-7(11)10(14)13-9/h3-5H,2H2,1H3,(H,12,13,14). The van der Waals surface area contributed by atoms with Crippen molar-refractivity contribution in [2.45, 2.75) is 13.3 Å². The van der Waals surface area contributed by atoms with E-state index in [0.29, 0.717) is 15.2 Å². The van der Waals surface area contributed by atoms with Crippen LogP contribution in [0, 0.1) is 3.57 Å². The van der Waals surface area contributed by atoms with Gasteiger partial charge in [-0.2, -0.15) is 0 Å². The number of nitrogens with one attached hydrogen (secondary N) is 1. The third-order valence-electron chi connectivity index (χ3n) is 2.00. The molecule has 0 spiro atoms. The molecule has 0 aliphatic rings. The lowest BCUT2D eigenvalue weighted by molar-refractivity contribution is 0.525. The molecule has 15 heavy (non-hydrogen) atoms. The van der Waals surface area contributed by atoms with Crippen molar-refractivity contribution in [1.29, 1.82) is 0 Å². The van der Waals surface area contributed by atoms with E-state index in [1.165, 1.54) is 6.20 Å². The van der Waals surface area contributed by atoms with E-state index in [-0.39, 0.29) is 5.56 Å². The summed E-state index contributed by atoms with van der Waals surface area (Å²) in [6.45, 7) is 2.01. The van der Waals surface area contributed by atoms with Crippen LogP contribution in [-0.4, -0.2) is 9.97 Å². The van der Waals surface area contributed by atoms with Crippen LogP contribution in [0.2, 0.25) is 0 Å². The van der Waals surface area contributed by atoms with Crippen molar-refractivity contribution >= 4 is 22.6 Å². The Morgan fingerprint density at radius 2 is 2.33 bits per heavy atom. The van der Waals surface area contributed by atoms with E-state index in [1.54, 1.807) is 0 Å². The third kappa shape index (κ3) is 2.11. The Bertz CT molecular complexity index is 530. The van der Waals surface area contributed by atoms with E-state index in [1.807, 2.05) is 41.6 Å². The molecular weight excluding hydrogens is 307 g/mol. The summed E-state index contributed by atoms with van der Waals surface area (Å²) in [6.07, 6.45) is 2.36. The minimum atomic E-state index is -0.143. The van der Waals surface area contributed by atoms with Crippen LogP contribution in [0.25, 0.3) is 11.6 Å². The molecule has 4 nitrogen and oxygen atoms in total. The van der Waals surface area contributed by atoms with Gasteiger partial charge < -0.3 is 9.40 Å². The highest BCUT2D eigenvalue weighted by atomic mass is 127. The molecule has 0 bridgehead atoms. The summed E-state index contributed by atoms with van der Waals surface area (Å²) in [7, 11) is 0. The number of furan rings is 1. The van der Waals surface area contributed by atoms with Gasteiger partial charge in [0.25, 0.3) is 5.56 Å². The van der Waals surface area contributed by atoms with Gasteiger partial charge in [0.1, 0.15) is 5.76 Å². The zero-order valence-corrected chi connectivity index (χ0v) is 10.2. The van der Waals surface area contributed by atoms with E-state index >= 15 is 0 Å². The summed E-state index contributed by atoms with van der Waals surface area (Å²) in [6, 6.07) is 3.69. The average Bonchev–Trinajstić information content (AvgIpc) is 2.70. The van der Waals surface area contributed by atoms with Gasteiger partial charge in [0.05, 0.1) is 3.57 Å². The van der Waals surface area contributed by atoms with E-state index in [9.17, 15) is 4.79 Å². The van der Waals surface area contributed by atoms with Crippen LogP contribution >= 0.6 is 22.6 Å². The molecule has 0 aliphatic carbocycles. The lowest BCUT2D eigenvalue weighted by atomic mass is 10.3. The number of rotatable bonds is 2. The molecule has 2 aromatic heterocycles. The first-order chi connectivity index (χ1) is 7.20. The minimum absolute atomic E-state index is 0.143. The Labute approximate surface area is 99.9 Å². The highest BCUT2D eigenvalue weighted by Gasteiger charge is 2.06. The van der Waals surface area contributed by atoms with Gasteiger partial charge in [-0.3, -0.25) is 4.79 Å². The second-order valence-electron chi connectivity index (χ2n) is 3.03. The van der Waals surface area contributed by atoms with Crippen molar-refractivity contribution in [2.75, 3.05) is 0 Å². The molecule has 0 atom stereocenters. The van der Waals surface area contributed by atoms with Gasteiger partial charge in [-0.1, -0.05) is 6.92 Å². The lowest BCUT2D eigenvalue weighted by Crippen LogP contribution is -2.11. The first-order valence-electron chi connectivity index (χ1n) is 4.54. The van der Waals surface area contributed by atoms with Gasteiger partial charge in [0, 0.05) is 12.6 Å². The molecule has 5 heteroatoms. The monoisotopic (exact) mass is 316 g/mol. The van der Waals surface area contributed by atoms with Crippen molar-refractivity contribution in [3.8, 4) is 11.6 Å². The number of H-pyrrole nitrogens is 1. The minimum Gasteiger partial charge on any atom is -0.458 e. The predicted molar refractivity (Wildman–Crippen MR) is 64.7 cm³/mol. The summed E-state index contributed by atoms with van der Waals surface area (Å²) in [5.74, 6) is 1.95. The fourth-order valence-corrected chi connectivity index (χ4v) is 1.47. The van der Waals surface area contributed by atoms with E-state index in [2.05, 4.69) is 9.97 Å². The van der Waals surface area contributed by atoms with Gasteiger partial charge in [0.2, 0.25) is 0 Å². The van der Waals surface area contributed by atoms with Gasteiger partial charge in [-0.25, -0.2) is 4.98 Å². The van der Waals surface area contributed by atoms with Crippen LogP contribution in [-0.2, 0) is 6.42 Å². The van der Waals surface area contributed by atoms with Crippen LogP contribution in [0.3, 0.4) is 0 Å². The molecule has 0 aliphatic heterocycles. The maximum atomic E-state index is 11.3. The Morgan fingerprint density at radius 1 is 1.53 bits per heavy atom. The molecule has 2 rings (SSSR count). The normalized spacial score (nSPS) is 10.5. The number of aryl methyl sites for hydroxylation is 1. The van der Waals surface area contributed by atoms with Crippen molar-refractivity contribution in [3.05, 3.63) is 38.0 Å². The van der Waals surface area contributed by atoms with Crippen LogP contribution in [0.5, 0.6) is 0 Å². The zero-order chi connectivity index (χ0) is 10.8. The Kier molecular flexibility index (Phi) is 2.90. The topological polar surface area (TPSA) is 58.9 Å². The molecule has 0 radical (unpaired) electrons. The number of aromatic amines is 1. The molecule has 0 amide bonds. The van der Waals surface area contributed by atoms with Gasteiger partial charge >= 0.3 is 0 Å². The van der Waals surface area contributed by atoms with Crippen molar-refractivity contribution in [3.63, 3.8) is 0 Å². The van der Waals surface area contributed by atoms with Crippen LogP contribution in [0.4, 0.5) is 0 Å². The van der Waals surface area contributed by atoms with Crippen LogP contribution in [0.1, 0.15) is 12.7 Å². The summed E-state index contributed by atoms with van der Waals surface area (Å²) in [5, 5.41) is 0. The number of aromatic nitrogens is 2. The maximum absolute atomic E-state index is 11.3. The van der Waals surface area contributed by atoms with Crippen molar-refractivity contribution in [1.82, 2.24) is 9.97 Å². The fourth-order valence-electron chi connectivity index (χ4n) is 1.20. The third-order valence-corrected chi connectivity index (χ3v) is 2.77. The highest BCUT2D eigenvalue weighted by Crippen LogP contribution is 2.17. The van der Waals surface area contributed by atoms with Gasteiger partial charge in [-0.15, -0.1) is 0 Å². The lowest BCUT2D eigenvalue weighted by Gasteiger charge is -1.96. The van der Waals surface area contributed by atoms with Gasteiger partial charge in [0.15, 0.2) is 11.6 Å². The number of hydrogen-bond donors (Lipinski definition) is 1. The molecule has 0 saturated heterocycles. The second kappa shape index (κ2) is 4.18. The first kappa shape index (κ1) is 10.4. The maximum Gasteiger partial charge on any atom is 0.264 e. The SMILES string of the molecule is CCc1ccc(-c2ncc(I)c(=O)[nH]2)o1. The summed E-state index contributed by atoms with van der Waals surface area (Å²) < 4.78 is 6.05. The molecule has 2 heterocycles. The Balaban J connectivity index is 2.45. The zero-order valence-electron chi connectivity index (χ0n) is 8.08. The molecule has 0 aromatic carbocycles. The smallest absolute Gasteiger partial charge is 0.264 e. The Morgan fingerprint density at radius 3 is 2.93 bits per heavy atom. The van der Waals surface area contributed by atoms with E-state index < -0.39 is 0 Å². The van der Waals surface area contributed by atoms with Crippen molar-refractivity contribution in [2.24, 2.45) is 0 Å². The van der Waals surface area contributed by atoms with Crippen LogP contribution in [0.15, 0.2) is 27.5 Å². The fraction of sp³-hybridized carbons (Fsp3) is 0.200. The largest absolute Gasteiger partial charge is 0.458 e. The van der Waals surface area contributed by atoms with Crippen molar-refractivity contribution < 1.29 is 4.42 Å². The van der Waals surface area contributed by atoms with Crippen LogP contribution < -0.4 is 5.56 Å². The summed E-state index contributed by atoms with van der Waals surface area (Å²) in [4.78, 5) is 18.1. The molecular formula is C10H9IN2O2. The number of hydrogen-bond acceptors (Lipinski definition) is 3. The molecule has 0 unspecified atom stereocenters. The number of nitrogens with zero attached hydrogens (tertiary/aromatic N) is 1. The highest BCUT2D eigenvalue weighted by molar-refractivity contribution is 14.1. The van der Waals surface area contributed by atoms with Gasteiger partial charge in [-0.05, 0) is 34.7 Å². The predicted octanol–water partition coefficient (Wildman–Crippen LogP) is 2.20. The second-order valence-corrected chi connectivity index (χ2v) is 4.19.